The molecule has 0 saturated heterocycles. The fourth-order valence-electron chi connectivity index (χ4n) is 1.78. The second-order valence-electron chi connectivity index (χ2n) is 4.18. The summed E-state index contributed by atoms with van der Waals surface area (Å²) < 4.78 is 18.5. The summed E-state index contributed by atoms with van der Waals surface area (Å²) in [7, 11) is 0. The molecule has 0 fully saturated rings. The highest BCUT2D eigenvalue weighted by atomic mass is 35.5. The summed E-state index contributed by atoms with van der Waals surface area (Å²) in [5.74, 6) is -0.348. The molecule has 0 aliphatic rings. The van der Waals surface area contributed by atoms with Gasteiger partial charge in [0.15, 0.2) is 11.6 Å². The lowest BCUT2D eigenvalue weighted by Gasteiger charge is -2.11. The van der Waals surface area contributed by atoms with Crippen molar-refractivity contribution in [3.8, 4) is 11.5 Å². The van der Waals surface area contributed by atoms with Crippen LogP contribution >= 0.6 is 11.6 Å². The van der Waals surface area contributed by atoms with Crippen molar-refractivity contribution in [2.24, 2.45) is 0 Å². The van der Waals surface area contributed by atoms with E-state index in [2.05, 4.69) is 5.32 Å². The van der Waals surface area contributed by atoms with Crippen molar-refractivity contribution in [3.05, 3.63) is 52.8 Å². The molecule has 2 aromatic rings. The van der Waals surface area contributed by atoms with Gasteiger partial charge < -0.3 is 15.2 Å². The molecule has 0 aromatic heterocycles. The lowest BCUT2D eigenvalue weighted by Crippen LogP contribution is -2.01. The zero-order chi connectivity index (χ0) is 14.5. The van der Waals surface area contributed by atoms with E-state index in [0.717, 1.165) is 5.69 Å². The molecule has 0 unspecified atom stereocenters. The van der Waals surface area contributed by atoms with E-state index in [9.17, 15) is 9.50 Å². The summed E-state index contributed by atoms with van der Waals surface area (Å²) in [6, 6.07) is 9.72. The Balaban J connectivity index is 2.07. The molecule has 0 atom stereocenters. The van der Waals surface area contributed by atoms with Crippen molar-refractivity contribution in [2.45, 2.75) is 13.5 Å². The third-order valence-corrected chi connectivity index (χ3v) is 3.08. The van der Waals surface area contributed by atoms with Crippen molar-refractivity contribution in [1.29, 1.82) is 0 Å². The molecule has 0 radical (unpaired) electrons. The number of aromatic hydroxyl groups is 1. The van der Waals surface area contributed by atoms with Gasteiger partial charge in [0.05, 0.1) is 11.6 Å². The molecular formula is C15H15ClFNO2. The Morgan fingerprint density at radius 1 is 1.30 bits per heavy atom. The Kier molecular flexibility index (Phi) is 4.69. The number of hydrogen-bond acceptors (Lipinski definition) is 3. The predicted octanol–water partition coefficient (Wildman–Crippen LogP) is 4.20. The SMILES string of the molecule is CCOc1ccc(NCc2cccc(F)c2O)cc1Cl. The smallest absolute Gasteiger partial charge is 0.165 e. The molecule has 0 spiro atoms. The predicted molar refractivity (Wildman–Crippen MR) is 78.0 cm³/mol. The largest absolute Gasteiger partial charge is 0.505 e. The minimum atomic E-state index is -0.631. The van der Waals surface area contributed by atoms with Gasteiger partial charge in [0.1, 0.15) is 5.75 Å². The Morgan fingerprint density at radius 2 is 2.10 bits per heavy atom. The van der Waals surface area contributed by atoms with Gasteiger partial charge in [-0.15, -0.1) is 0 Å². The lowest BCUT2D eigenvalue weighted by atomic mass is 10.2. The molecule has 0 aliphatic heterocycles. The maximum Gasteiger partial charge on any atom is 0.165 e. The normalized spacial score (nSPS) is 10.3. The first-order chi connectivity index (χ1) is 9.61. The van der Waals surface area contributed by atoms with E-state index in [-0.39, 0.29) is 5.75 Å². The van der Waals surface area contributed by atoms with Gasteiger partial charge in [-0.25, -0.2) is 4.39 Å². The topological polar surface area (TPSA) is 41.5 Å². The number of phenolic OH excluding ortho intramolecular Hbond substituents is 1. The van der Waals surface area contributed by atoms with E-state index in [0.29, 0.717) is 29.5 Å². The summed E-state index contributed by atoms with van der Waals surface area (Å²) in [6.45, 7) is 2.73. The number of ether oxygens (including phenoxy) is 1. The molecular weight excluding hydrogens is 281 g/mol. The number of para-hydroxylation sites is 1. The zero-order valence-corrected chi connectivity index (χ0v) is 11.7. The summed E-state index contributed by atoms with van der Waals surface area (Å²) in [4.78, 5) is 0. The monoisotopic (exact) mass is 295 g/mol. The van der Waals surface area contributed by atoms with Crippen LogP contribution in [0.1, 0.15) is 12.5 Å². The molecule has 5 heteroatoms. The minimum Gasteiger partial charge on any atom is -0.505 e. The van der Waals surface area contributed by atoms with Crippen molar-refractivity contribution in [1.82, 2.24) is 0 Å². The second-order valence-corrected chi connectivity index (χ2v) is 4.59. The number of halogens is 2. The molecule has 2 aromatic carbocycles. The van der Waals surface area contributed by atoms with E-state index in [4.69, 9.17) is 16.3 Å². The summed E-state index contributed by atoms with van der Waals surface area (Å²) in [5, 5.41) is 13.2. The van der Waals surface area contributed by atoms with Crippen LogP contribution in [0, 0.1) is 5.82 Å². The van der Waals surface area contributed by atoms with Gasteiger partial charge in [0.25, 0.3) is 0 Å². The molecule has 106 valence electrons. The van der Waals surface area contributed by atoms with Gasteiger partial charge in [-0.1, -0.05) is 23.7 Å². The van der Waals surface area contributed by atoms with Gasteiger partial charge in [0.2, 0.25) is 0 Å². The van der Waals surface area contributed by atoms with Crippen LogP contribution in [-0.2, 0) is 6.54 Å². The third kappa shape index (κ3) is 3.33. The average molecular weight is 296 g/mol. The van der Waals surface area contributed by atoms with Crippen molar-refractivity contribution in [2.75, 3.05) is 11.9 Å². The molecule has 0 bridgehead atoms. The molecule has 0 heterocycles. The van der Waals surface area contributed by atoms with Crippen LogP contribution in [-0.4, -0.2) is 11.7 Å². The van der Waals surface area contributed by atoms with E-state index in [1.807, 2.05) is 13.0 Å². The van der Waals surface area contributed by atoms with Crippen LogP contribution in [0.25, 0.3) is 0 Å². The molecule has 2 N–H and O–H groups in total. The van der Waals surface area contributed by atoms with E-state index in [1.165, 1.54) is 6.07 Å². The summed E-state index contributed by atoms with van der Waals surface area (Å²) in [6.07, 6.45) is 0. The first-order valence-corrected chi connectivity index (χ1v) is 6.62. The van der Waals surface area contributed by atoms with E-state index < -0.39 is 5.82 Å². The maximum absolute atomic E-state index is 13.2. The van der Waals surface area contributed by atoms with Crippen molar-refractivity contribution < 1.29 is 14.2 Å². The van der Waals surface area contributed by atoms with Crippen molar-refractivity contribution in [3.63, 3.8) is 0 Å². The molecule has 0 saturated carbocycles. The van der Waals surface area contributed by atoms with Crippen LogP contribution < -0.4 is 10.1 Å². The van der Waals surface area contributed by atoms with Gasteiger partial charge in [0, 0.05) is 17.8 Å². The molecule has 0 aliphatic carbocycles. The van der Waals surface area contributed by atoms with Gasteiger partial charge in [-0.2, -0.15) is 0 Å². The number of benzene rings is 2. The Morgan fingerprint density at radius 3 is 2.80 bits per heavy atom. The van der Waals surface area contributed by atoms with Crippen LogP contribution in [0.4, 0.5) is 10.1 Å². The van der Waals surface area contributed by atoms with Crippen LogP contribution in [0.5, 0.6) is 11.5 Å². The Labute approximate surface area is 122 Å². The first kappa shape index (κ1) is 14.5. The molecule has 2 rings (SSSR count). The average Bonchev–Trinajstić information content (AvgIpc) is 2.43. The van der Waals surface area contributed by atoms with Gasteiger partial charge >= 0.3 is 0 Å². The van der Waals surface area contributed by atoms with Gasteiger partial charge in [-0.05, 0) is 31.2 Å². The van der Waals surface area contributed by atoms with Crippen molar-refractivity contribution >= 4 is 17.3 Å². The number of hydrogen-bond donors (Lipinski definition) is 2. The molecule has 3 nitrogen and oxygen atoms in total. The molecule has 20 heavy (non-hydrogen) atoms. The van der Waals surface area contributed by atoms with E-state index in [1.54, 1.807) is 24.3 Å². The third-order valence-electron chi connectivity index (χ3n) is 2.79. The fourth-order valence-corrected chi connectivity index (χ4v) is 2.02. The standard InChI is InChI=1S/C15H15ClFNO2/c1-2-20-14-7-6-11(8-12(14)16)18-9-10-4-3-5-13(17)15(10)19/h3-8,18-19H,2,9H2,1H3. The van der Waals surface area contributed by atoms with Crippen LogP contribution in [0.2, 0.25) is 5.02 Å². The number of rotatable bonds is 5. The van der Waals surface area contributed by atoms with Crippen LogP contribution in [0.3, 0.4) is 0 Å². The number of nitrogens with one attached hydrogen (secondary N) is 1. The van der Waals surface area contributed by atoms with Gasteiger partial charge in [-0.3, -0.25) is 0 Å². The lowest BCUT2D eigenvalue weighted by molar-refractivity contribution is 0.340. The highest BCUT2D eigenvalue weighted by Crippen LogP contribution is 2.28. The summed E-state index contributed by atoms with van der Waals surface area (Å²) >= 11 is 6.07. The number of phenols is 1. The van der Waals surface area contributed by atoms with E-state index >= 15 is 0 Å². The Hall–Kier alpha value is -1.94. The maximum atomic E-state index is 13.2. The second kappa shape index (κ2) is 6.48. The Bertz CT molecular complexity index is 604. The first-order valence-electron chi connectivity index (χ1n) is 6.24. The minimum absolute atomic E-state index is 0.300. The number of anilines is 1. The fraction of sp³-hybridized carbons (Fsp3) is 0.200. The molecule has 0 amide bonds. The zero-order valence-electron chi connectivity index (χ0n) is 11.0. The van der Waals surface area contributed by atoms with Crippen LogP contribution in [0.15, 0.2) is 36.4 Å². The quantitative estimate of drug-likeness (QED) is 0.869. The summed E-state index contributed by atoms with van der Waals surface area (Å²) in [5.41, 5.74) is 1.25. The highest BCUT2D eigenvalue weighted by Gasteiger charge is 2.07. The highest BCUT2D eigenvalue weighted by molar-refractivity contribution is 6.32.